The Balaban J connectivity index is 0. The minimum Gasteiger partial charge on any atom is -0.463 e. The van der Waals surface area contributed by atoms with E-state index in [9.17, 15) is 4.79 Å². The maximum atomic E-state index is 10.1. The predicted molar refractivity (Wildman–Crippen MR) is 35.2 cm³/mol. The van der Waals surface area contributed by atoms with E-state index in [0.29, 0.717) is 6.61 Å². The van der Waals surface area contributed by atoms with E-state index in [1.54, 1.807) is 6.92 Å². The Kier molecular flexibility index (Phi) is 12.4. The van der Waals surface area contributed by atoms with E-state index in [0.717, 1.165) is 6.08 Å². The van der Waals surface area contributed by atoms with Gasteiger partial charge in [0, 0.05) is 6.08 Å². The van der Waals surface area contributed by atoms with Crippen molar-refractivity contribution in [1.29, 1.82) is 0 Å². The summed E-state index contributed by atoms with van der Waals surface area (Å²) in [6.07, 6.45) is 1.14. The van der Waals surface area contributed by atoms with Crippen LogP contribution in [0, 0.1) is 0 Å². The molecule has 0 bridgehead atoms. The van der Waals surface area contributed by atoms with Gasteiger partial charge in [-0.3, -0.25) is 11.7 Å². The summed E-state index contributed by atoms with van der Waals surface area (Å²) >= 11 is 0. The van der Waals surface area contributed by atoms with Gasteiger partial charge in [-0.1, -0.05) is 6.58 Å². The molecule has 0 aliphatic heterocycles. The summed E-state index contributed by atoms with van der Waals surface area (Å²) in [5.74, 6) is 7.64. The molecule has 0 saturated carbocycles. The molecule has 4 heteroatoms. The number of carbonyl (C=O) groups excluding carboxylic acids is 1. The Morgan fingerprint density at radius 1 is 1.78 bits per heavy atom. The molecule has 0 aromatic rings. The summed E-state index contributed by atoms with van der Waals surface area (Å²) < 4.78 is 4.43. The lowest BCUT2D eigenvalue weighted by Gasteiger charge is -1.90. The Labute approximate surface area is 54.4 Å². The van der Waals surface area contributed by atoms with Crippen LogP contribution in [0.25, 0.3) is 0 Å². The van der Waals surface area contributed by atoms with Crippen LogP contribution in [0.5, 0.6) is 0 Å². The van der Waals surface area contributed by atoms with Crippen LogP contribution in [0.3, 0.4) is 0 Å². The smallest absolute Gasteiger partial charge is 0.330 e. The van der Waals surface area contributed by atoms with E-state index in [-0.39, 0.29) is 5.97 Å². The largest absolute Gasteiger partial charge is 0.463 e. The maximum Gasteiger partial charge on any atom is 0.330 e. The molecular weight excluding hydrogens is 120 g/mol. The first kappa shape index (κ1) is 11.0. The molecule has 0 rings (SSSR count). The van der Waals surface area contributed by atoms with E-state index in [2.05, 4.69) is 23.0 Å². The quantitative estimate of drug-likeness (QED) is 0.231. The standard InChI is InChI=1S/C5H8O2.H4N2/c1-3-5(6)7-4-2;1-2/h3H,1,4H2,2H3;1-2H2. The van der Waals surface area contributed by atoms with Gasteiger partial charge in [-0.05, 0) is 6.92 Å². The molecule has 0 spiro atoms. The number of rotatable bonds is 2. The van der Waals surface area contributed by atoms with E-state index >= 15 is 0 Å². The predicted octanol–water partition coefficient (Wildman–Crippen LogP) is -0.446. The van der Waals surface area contributed by atoms with Crippen molar-refractivity contribution in [2.75, 3.05) is 6.61 Å². The molecular formula is C5H12N2O2. The van der Waals surface area contributed by atoms with Crippen molar-refractivity contribution >= 4 is 5.97 Å². The van der Waals surface area contributed by atoms with Gasteiger partial charge in [-0.25, -0.2) is 4.79 Å². The van der Waals surface area contributed by atoms with Crippen LogP contribution in [-0.4, -0.2) is 12.6 Å². The molecule has 54 valence electrons. The third-order valence-electron chi connectivity index (χ3n) is 0.453. The van der Waals surface area contributed by atoms with E-state index in [1.807, 2.05) is 0 Å². The number of nitrogens with two attached hydrogens (primary N) is 2. The van der Waals surface area contributed by atoms with Crippen molar-refractivity contribution in [2.45, 2.75) is 6.92 Å². The summed E-state index contributed by atoms with van der Waals surface area (Å²) in [7, 11) is 0. The monoisotopic (exact) mass is 132 g/mol. The first-order valence-corrected chi connectivity index (χ1v) is 2.43. The van der Waals surface area contributed by atoms with E-state index in [4.69, 9.17) is 0 Å². The second-order valence-corrected chi connectivity index (χ2v) is 0.956. The van der Waals surface area contributed by atoms with Crippen LogP contribution in [0.4, 0.5) is 0 Å². The van der Waals surface area contributed by atoms with Crippen molar-refractivity contribution in [2.24, 2.45) is 11.7 Å². The molecule has 0 aliphatic rings. The summed E-state index contributed by atoms with van der Waals surface area (Å²) in [5, 5.41) is 0. The molecule has 0 saturated heterocycles. The topological polar surface area (TPSA) is 78.3 Å². The third-order valence-corrected chi connectivity index (χ3v) is 0.453. The molecule has 0 fully saturated rings. The normalized spacial score (nSPS) is 6.56. The van der Waals surface area contributed by atoms with Crippen molar-refractivity contribution in [3.8, 4) is 0 Å². The van der Waals surface area contributed by atoms with Crippen LogP contribution >= 0.6 is 0 Å². The zero-order valence-corrected chi connectivity index (χ0v) is 5.46. The summed E-state index contributed by atoms with van der Waals surface area (Å²) in [4.78, 5) is 10.1. The Bertz CT molecular complexity index is 83.0. The van der Waals surface area contributed by atoms with E-state index in [1.165, 1.54) is 0 Å². The van der Waals surface area contributed by atoms with Gasteiger partial charge in [0.05, 0.1) is 6.61 Å². The molecule has 0 aliphatic carbocycles. The van der Waals surface area contributed by atoms with Crippen LogP contribution in [0.15, 0.2) is 12.7 Å². The van der Waals surface area contributed by atoms with Gasteiger partial charge in [0.25, 0.3) is 0 Å². The second kappa shape index (κ2) is 10.2. The van der Waals surface area contributed by atoms with Crippen molar-refractivity contribution in [1.82, 2.24) is 0 Å². The lowest BCUT2D eigenvalue weighted by molar-refractivity contribution is -0.137. The fourth-order valence-electron chi connectivity index (χ4n) is 0.201. The fraction of sp³-hybridized carbons (Fsp3) is 0.400. The van der Waals surface area contributed by atoms with Crippen LogP contribution in [-0.2, 0) is 9.53 Å². The maximum absolute atomic E-state index is 10.1. The summed E-state index contributed by atoms with van der Waals surface area (Å²) in [6.45, 7) is 5.38. The molecule has 0 unspecified atom stereocenters. The SMILES string of the molecule is C=CC(=O)OCC.NN. The number of hydrazine groups is 1. The Morgan fingerprint density at radius 3 is 2.33 bits per heavy atom. The van der Waals surface area contributed by atoms with Gasteiger partial charge in [-0.15, -0.1) is 0 Å². The molecule has 0 amide bonds. The highest BCUT2D eigenvalue weighted by Gasteiger charge is 1.86. The minimum absolute atomic E-state index is 0.359. The molecule has 4 N–H and O–H groups in total. The molecule has 9 heavy (non-hydrogen) atoms. The average molecular weight is 132 g/mol. The number of esters is 1. The first-order valence-electron chi connectivity index (χ1n) is 2.43. The first-order chi connectivity index (χ1) is 4.31. The number of carbonyl (C=O) groups is 1. The zero-order chi connectivity index (χ0) is 7.70. The molecule has 0 heterocycles. The molecule has 0 atom stereocenters. The Morgan fingerprint density at radius 2 is 2.22 bits per heavy atom. The lowest BCUT2D eigenvalue weighted by Crippen LogP contribution is -2.02. The van der Waals surface area contributed by atoms with Crippen molar-refractivity contribution < 1.29 is 9.53 Å². The van der Waals surface area contributed by atoms with E-state index < -0.39 is 0 Å². The van der Waals surface area contributed by atoms with Crippen LogP contribution in [0.1, 0.15) is 6.92 Å². The van der Waals surface area contributed by atoms with Gasteiger partial charge in [0.15, 0.2) is 0 Å². The van der Waals surface area contributed by atoms with Gasteiger partial charge >= 0.3 is 5.97 Å². The van der Waals surface area contributed by atoms with Crippen molar-refractivity contribution in [3.63, 3.8) is 0 Å². The highest BCUT2D eigenvalue weighted by Crippen LogP contribution is 1.74. The third kappa shape index (κ3) is 11.0. The summed E-state index contributed by atoms with van der Waals surface area (Å²) in [6, 6.07) is 0. The van der Waals surface area contributed by atoms with Crippen molar-refractivity contribution in [3.05, 3.63) is 12.7 Å². The average Bonchev–Trinajstić information content (AvgIpc) is 1.93. The van der Waals surface area contributed by atoms with Gasteiger partial charge < -0.3 is 4.74 Å². The van der Waals surface area contributed by atoms with Crippen LogP contribution < -0.4 is 11.7 Å². The molecule has 4 nitrogen and oxygen atoms in total. The fourth-order valence-corrected chi connectivity index (χ4v) is 0.201. The lowest BCUT2D eigenvalue weighted by atomic mass is 10.6. The minimum atomic E-state index is -0.359. The van der Waals surface area contributed by atoms with Gasteiger partial charge in [-0.2, -0.15) is 0 Å². The zero-order valence-electron chi connectivity index (χ0n) is 5.46. The molecule has 0 radical (unpaired) electrons. The highest BCUT2D eigenvalue weighted by atomic mass is 16.5. The highest BCUT2D eigenvalue weighted by molar-refractivity contribution is 5.81. The summed E-state index contributed by atoms with van der Waals surface area (Å²) in [5.41, 5.74) is 0. The molecule has 0 aromatic heterocycles. The Hall–Kier alpha value is -0.870. The number of ether oxygens (including phenoxy) is 1. The second-order valence-electron chi connectivity index (χ2n) is 0.956. The van der Waals surface area contributed by atoms with Gasteiger partial charge in [0.2, 0.25) is 0 Å². The molecule has 0 aromatic carbocycles. The van der Waals surface area contributed by atoms with Crippen LogP contribution in [0.2, 0.25) is 0 Å². The van der Waals surface area contributed by atoms with Gasteiger partial charge in [0.1, 0.15) is 0 Å². The number of hydrogen-bond donors (Lipinski definition) is 2. The number of hydrogen-bond acceptors (Lipinski definition) is 4.